The molecule has 0 bridgehead atoms. The molecule has 138 valence electrons. The molecule has 0 radical (unpaired) electrons. The van der Waals surface area contributed by atoms with Crippen LogP contribution < -0.4 is 5.32 Å². The first-order chi connectivity index (χ1) is 12.3. The van der Waals surface area contributed by atoms with Crippen molar-refractivity contribution in [3.8, 4) is 5.75 Å². The second-order valence-electron chi connectivity index (χ2n) is 6.24. The number of carbonyl (C=O) groups is 2. The van der Waals surface area contributed by atoms with Gasteiger partial charge in [0.05, 0.1) is 0 Å². The van der Waals surface area contributed by atoms with E-state index in [2.05, 4.69) is 12.2 Å². The van der Waals surface area contributed by atoms with E-state index in [1.54, 1.807) is 12.2 Å². The van der Waals surface area contributed by atoms with Crippen molar-refractivity contribution in [2.45, 2.75) is 32.4 Å². The summed E-state index contributed by atoms with van der Waals surface area (Å²) in [5.74, 6) is -1.44. The standard InChI is InChI=1S/C20H23NO5/c1-3-12(2)6-4-5-7-15(23)16-19(25)17(21-20(16)26)18(24)13-8-10-14(22)11-9-13/h4-12,17-18,22-24H,3H2,1-2H3,(H,21,26)/b6-4+,7-5+,16-15+. The highest BCUT2D eigenvalue weighted by Crippen LogP contribution is 2.26. The van der Waals surface area contributed by atoms with Gasteiger partial charge in [0.2, 0.25) is 0 Å². The number of rotatable bonds is 6. The zero-order chi connectivity index (χ0) is 19.3. The lowest BCUT2D eigenvalue weighted by molar-refractivity contribution is -0.118. The number of benzene rings is 1. The Labute approximate surface area is 152 Å². The summed E-state index contributed by atoms with van der Waals surface area (Å²) in [7, 11) is 0. The maximum absolute atomic E-state index is 12.5. The number of phenolic OH excluding ortho intramolecular Hbond substituents is 1. The van der Waals surface area contributed by atoms with Crippen LogP contribution in [0, 0.1) is 5.92 Å². The van der Waals surface area contributed by atoms with E-state index in [0.29, 0.717) is 11.5 Å². The van der Waals surface area contributed by atoms with Gasteiger partial charge >= 0.3 is 0 Å². The van der Waals surface area contributed by atoms with Crippen molar-refractivity contribution in [2.24, 2.45) is 5.92 Å². The molecule has 3 unspecified atom stereocenters. The van der Waals surface area contributed by atoms with Crippen molar-refractivity contribution in [3.63, 3.8) is 0 Å². The van der Waals surface area contributed by atoms with Gasteiger partial charge in [0, 0.05) is 0 Å². The van der Waals surface area contributed by atoms with Crippen LogP contribution >= 0.6 is 0 Å². The number of aliphatic hydroxyl groups excluding tert-OH is 2. The minimum absolute atomic E-state index is 0.0246. The number of hydrogen-bond acceptors (Lipinski definition) is 5. The summed E-state index contributed by atoms with van der Waals surface area (Å²) >= 11 is 0. The summed E-state index contributed by atoms with van der Waals surface area (Å²) in [6, 6.07) is 4.48. The Morgan fingerprint density at radius 2 is 1.88 bits per heavy atom. The molecule has 2 rings (SSSR count). The van der Waals surface area contributed by atoms with Gasteiger partial charge < -0.3 is 20.6 Å². The van der Waals surface area contributed by atoms with Crippen LogP contribution in [0.3, 0.4) is 0 Å². The van der Waals surface area contributed by atoms with Gasteiger partial charge in [-0.05, 0) is 29.7 Å². The molecule has 4 N–H and O–H groups in total. The molecule has 0 saturated carbocycles. The molecule has 1 heterocycles. The van der Waals surface area contributed by atoms with E-state index in [1.165, 1.54) is 30.3 Å². The van der Waals surface area contributed by atoms with Gasteiger partial charge in [-0.3, -0.25) is 9.59 Å². The topological polar surface area (TPSA) is 107 Å². The second kappa shape index (κ2) is 8.49. The fourth-order valence-corrected chi connectivity index (χ4v) is 2.50. The quantitative estimate of drug-likeness (QED) is 0.271. The lowest BCUT2D eigenvalue weighted by Gasteiger charge is -2.16. The van der Waals surface area contributed by atoms with Crippen LogP contribution in [0.25, 0.3) is 0 Å². The Kier molecular flexibility index (Phi) is 6.36. The van der Waals surface area contributed by atoms with Crippen LogP contribution in [0.1, 0.15) is 31.9 Å². The molecule has 1 aliphatic rings. The number of aliphatic hydroxyl groups is 2. The number of ketones is 1. The third-order valence-electron chi connectivity index (χ3n) is 4.30. The Balaban J connectivity index is 2.18. The second-order valence-corrected chi connectivity index (χ2v) is 6.24. The number of phenols is 1. The summed E-state index contributed by atoms with van der Waals surface area (Å²) in [5, 5.41) is 32.1. The molecular weight excluding hydrogens is 334 g/mol. The highest BCUT2D eigenvalue weighted by atomic mass is 16.3. The van der Waals surface area contributed by atoms with Crippen LogP contribution in [-0.4, -0.2) is 33.1 Å². The molecule has 6 nitrogen and oxygen atoms in total. The molecule has 1 saturated heterocycles. The van der Waals surface area contributed by atoms with Gasteiger partial charge in [-0.25, -0.2) is 0 Å². The molecule has 0 spiro atoms. The summed E-state index contributed by atoms with van der Waals surface area (Å²) < 4.78 is 0. The van der Waals surface area contributed by atoms with Gasteiger partial charge in [-0.2, -0.15) is 0 Å². The summed E-state index contributed by atoms with van der Waals surface area (Å²) in [6.45, 7) is 4.10. The first-order valence-corrected chi connectivity index (χ1v) is 8.45. The number of amides is 1. The van der Waals surface area contributed by atoms with Crippen molar-refractivity contribution < 1.29 is 24.9 Å². The molecule has 26 heavy (non-hydrogen) atoms. The zero-order valence-corrected chi connectivity index (χ0v) is 14.7. The summed E-state index contributed by atoms with van der Waals surface area (Å²) in [6.07, 6.45) is 6.22. The molecule has 0 aliphatic carbocycles. The zero-order valence-electron chi connectivity index (χ0n) is 14.7. The monoisotopic (exact) mass is 357 g/mol. The van der Waals surface area contributed by atoms with E-state index < -0.39 is 29.6 Å². The molecular formula is C20H23NO5. The third-order valence-corrected chi connectivity index (χ3v) is 4.30. The van der Waals surface area contributed by atoms with Crippen molar-refractivity contribution in [1.82, 2.24) is 5.32 Å². The maximum atomic E-state index is 12.5. The number of allylic oxidation sites excluding steroid dienone is 4. The Bertz CT molecular complexity index is 761. The average molecular weight is 357 g/mol. The maximum Gasteiger partial charge on any atom is 0.259 e. The van der Waals surface area contributed by atoms with Crippen LogP contribution in [-0.2, 0) is 9.59 Å². The SMILES string of the molecule is CCC(C)/C=C/C=C/C(O)=C1\C(=O)NC(C(O)c2ccc(O)cc2)C1=O. The van der Waals surface area contributed by atoms with E-state index in [4.69, 9.17) is 0 Å². The van der Waals surface area contributed by atoms with Gasteiger partial charge in [0.25, 0.3) is 5.91 Å². The first kappa shape index (κ1) is 19.5. The smallest absolute Gasteiger partial charge is 0.259 e. The molecule has 1 aromatic carbocycles. The predicted octanol–water partition coefficient (Wildman–Crippen LogP) is 2.46. The summed E-state index contributed by atoms with van der Waals surface area (Å²) in [4.78, 5) is 24.5. The third kappa shape index (κ3) is 4.40. The predicted molar refractivity (Wildman–Crippen MR) is 97.4 cm³/mol. The van der Waals surface area contributed by atoms with Crippen molar-refractivity contribution in [3.05, 3.63) is 65.5 Å². The number of nitrogens with one attached hydrogen (secondary N) is 1. The number of Topliss-reactive ketones (excluding diaryl/α,β-unsaturated/α-hetero) is 1. The number of carbonyl (C=O) groups excluding carboxylic acids is 2. The largest absolute Gasteiger partial charge is 0.508 e. The Morgan fingerprint density at radius 3 is 2.50 bits per heavy atom. The van der Waals surface area contributed by atoms with E-state index in [-0.39, 0.29) is 11.3 Å². The van der Waals surface area contributed by atoms with E-state index in [9.17, 15) is 24.9 Å². The average Bonchev–Trinajstić information content (AvgIpc) is 2.92. The highest BCUT2D eigenvalue weighted by Gasteiger charge is 2.42. The molecule has 0 aromatic heterocycles. The van der Waals surface area contributed by atoms with Gasteiger partial charge in [0.1, 0.15) is 29.2 Å². The molecule has 1 aromatic rings. The van der Waals surface area contributed by atoms with Crippen LogP contribution in [0.2, 0.25) is 0 Å². The normalized spacial score (nSPS) is 22.0. The molecule has 3 atom stereocenters. The summed E-state index contributed by atoms with van der Waals surface area (Å²) in [5.41, 5.74) is -0.00441. The first-order valence-electron chi connectivity index (χ1n) is 8.45. The van der Waals surface area contributed by atoms with Crippen molar-refractivity contribution in [1.29, 1.82) is 0 Å². The van der Waals surface area contributed by atoms with Crippen LogP contribution in [0.15, 0.2) is 59.9 Å². The molecule has 1 amide bonds. The number of aromatic hydroxyl groups is 1. The lowest BCUT2D eigenvalue weighted by atomic mass is 9.98. The van der Waals surface area contributed by atoms with E-state index >= 15 is 0 Å². The fourth-order valence-electron chi connectivity index (χ4n) is 2.50. The Hall–Kier alpha value is -2.86. The minimum Gasteiger partial charge on any atom is -0.508 e. The highest BCUT2D eigenvalue weighted by molar-refractivity contribution is 6.27. The van der Waals surface area contributed by atoms with E-state index in [1.807, 2.05) is 13.0 Å². The Morgan fingerprint density at radius 1 is 1.23 bits per heavy atom. The number of hydrogen-bond donors (Lipinski definition) is 4. The van der Waals surface area contributed by atoms with Gasteiger partial charge in [-0.15, -0.1) is 0 Å². The lowest BCUT2D eigenvalue weighted by Crippen LogP contribution is -2.35. The van der Waals surface area contributed by atoms with Crippen molar-refractivity contribution >= 4 is 11.7 Å². The van der Waals surface area contributed by atoms with Crippen LogP contribution in [0.5, 0.6) is 5.75 Å². The molecule has 6 heteroatoms. The van der Waals surface area contributed by atoms with Crippen molar-refractivity contribution in [2.75, 3.05) is 0 Å². The molecule has 1 fully saturated rings. The van der Waals surface area contributed by atoms with Crippen LogP contribution in [0.4, 0.5) is 0 Å². The van der Waals surface area contributed by atoms with Gasteiger partial charge in [-0.1, -0.05) is 50.6 Å². The van der Waals surface area contributed by atoms with Gasteiger partial charge in [0.15, 0.2) is 5.78 Å². The van der Waals surface area contributed by atoms with E-state index in [0.717, 1.165) is 6.42 Å². The minimum atomic E-state index is -1.29. The molecule has 1 aliphatic heterocycles. The fraction of sp³-hybridized carbons (Fsp3) is 0.300.